The first-order chi connectivity index (χ1) is 5.16. The number of carbonyl (C=O) groups is 1. The predicted octanol–water partition coefficient (Wildman–Crippen LogP) is 1.06. The van der Waals surface area contributed by atoms with E-state index in [-0.39, 0.29) is 12.3 Å². The van der Waals surface area contributed by atoms with Crippen molar-refractivity contribution in [2.24, 2.45) is 5.92 Å². The Morgan fingerprint density at radius 3 is 2.73 bits per heavy atom. The van der Waals surface area contributed by atoms with Crippen LogP contribution in [-0.4, -0.2) is 12.5 Å². The Hall–Kier alpha value is -1.04. The van der Waals surface area contributed by atoms with Gasteiger partial charge < -0.3 is 5.32 Å². The highest BCUT2D eigenvalue weighted by atomic mass is 16.1. The summed E-state index contributed by atoms with van der Waals surface area (Å²) >= 11 is 0. The third-order valence-electron chi connectivity index (χ3n) is 1.28. The largest absolute Gasteiger partial charge is 0.355 e. The summed E-state index contributed by atoms with van der Waals surface area (Å²) in [5.41, 5.74) is 0. The smallest absolute Gasteiger partial charge is 0.234 e. The molecular formula is C8H14N2O. The van der Waals surface area contributed by atoms with Gasteiger partial charge in [-0.2, -0.15) is 5.26 Å². The van der Waals surface area contributed by atoms with Gasteiger partial charge >= 0.3 is 0 Å². The number of carbonyl (C=O) groups excluding carboxylic acids is 1. The molecule has 1 N–H and O–H groups in total. The molecule has 0 aromatic carbocycles. The fraction of sp³-hybridized carbons (Fsp3) is 0.750. The summed E-state index contributed by atoms with van der Waals surface area (Å²) in [5.74, 6) is 0.422. The van der Waals surface area contributed by atoms with E-state index in [0.29, 0.717) is 12.5 Å². The van der Waals surface area contributed by atoms with E-state index in [1.165, 1.54) is 0 Å². The molecule has 1 amide bonds. The first-order valence-electron chi connectivity index (χ1n) is 3.80. The van der Waals surface area contributed by atoms with Crippen LogP contribution in [0.3, 0.4) is 0 Å². The molecule has 0 aliphatic rings. The molecule has 11 heavy (non-hydrogen) atoms. The highest BCUT2D eigenvalue weighted by molar-refractivity contribution is 5.77. The molecule has 0 aliphatic heterocycles. The molecule has 0 aliphatic carbocycles. The van der Waals surface area contributed by atoms with Crippen LogP contribution in [0.2, 0.25) is 0 Å². The number of amides is 1. The molecule has 0 saturated heterocycles. The van der Waals surface area contributed by atoms with Crippen molar-refractivity contribution in [1.82, 2.24) is 5.32 Å². The summed E-state index contributed by atoms with van der Waals surface area (Å²) in [6.45, 7) is 4.87. The highest BCUT2D eigenvalue weighted by Gasteiger charge is 1.98. The van der Waals surface area contributed by atoms with E-state index in [9.17, 15) is 4.79 Å². The van der Waals surface area contributed by atoms with Crippen LogP contribution in [0.1, 0.15) is 26.7 Å². The van der Waals surface area contributed by atoms with Gasteiger partial charge in [0.05, 0.1) is 6.07 Å². The zero-order valence-electron chi connectivity index (χ0n) is 7.05. The fourth-order valence-corrected chi connectivity index (χ4v) is 0.635. The number of nitrogens with one attached hydrogen (secondary N) is 1. The van der Waals surface area contributed by atoms with Crippen LogP contribution in [0.15, 0.2) is 0 Å². The minimum absolute atomic E-state index is 0.0297. The molecule has 0 atom stereocenters. The van der Waals surface area contributed by atoms with Crippen molar-refractivity contribution < 1.29 is 4.79 Å². The molecule has 0 unspecified atom stereocenters. The Balaban J connectivity index is 3.26. The number of hydrogen-bond acceptors (Lipinski definition) is 2. The van der Waals surface area contributed by atoms with Gasteiger partial charge in [0.15, 0.2) is 0 Å². The van der Waals surface area contributed by atoms with E-state index in [1.807, 2.05) is 0 Å². The molecule has 0 aromatic heterocycles. The molecule has 0 rings (SSSR count). The predicted molar refractivity (Wildman–Crippen MR) is 42.7 cm³/mol. The first-order valence-corrected chi connectivity index (χ1v) is 3.80. The van der Waals surface area contributed by atoms with Gasteiger partial charge in [-0.3, -0.25) is 4.79 Å². The van der Waals surface area contributed by atoms with Gasteiger partial charge in [0.25, 0.3) is 0 Å². The van der Waals surface area contributed by atoms with Crippen molar-refractivity contribution in [3.63, 3.8) is 0 Å². The molecule has 0 radical (unpaired) electrons. The molecular weight excluding hydrogens is 140 g/mol. The second-order valence-electron chi connectivity index (χ2n) is 2.87. The SMILES string of the molecule is CC(C)CCNC(=O)CC#N. The Kier molecular flexibility index (Phi) is 5.18. The average molecular weight is 154 g/mol. The lowest BCUT2D eigenvalue weighted by atomic mass is 10.1. The van der Waals surface area contributed by atoms with E-state index in [1.54, 1.807) is 6.07 Å². The minimum Gasteiger partial charge on any atom is -0.355 e. The van der Waals surface area contributed by atoms with E-state index in [0.717, 1.165) is 6.42 Å². The normalized spacial score (nSPS) is 9.27. The van der Waals surface area contributed by atoms with Gasteiger partial charge in [-0.25, -0.2) is 0 Å². The average Bonchev–Trinajstić information content (AvgIpc) is 1.87. The third-order valence-corrected chi connectivity index (χ3v) is 1.28. The van der Waals surface area contributed by atoms with Gasteiger partial charge in [-0.1, -0.05) is 13.8 Å². The van der Waals surface area contributed by atoms with Gasteiger partial charge in [0.1, 0.15) is 6.42 Å². The van der Waals surface area contributed by atoms with Gasteiger partial charge in [-0.05, 0) is 12.3 Å². The Morgan fingerprint density at radius 1 is 1.64 bits per heavy atom. The topological polar surface area (TPSA) is 52.9 Å². The molecule has 0 aromatic rings. The maximum atomic E-state index is 10.7. The van der Waals surface area contributed by atoms with Crippen LogP contribution >= 0.6 is 0 Å². The van der Waals surface area contributed by atoms with Crippen LogP contribution in [0, 0.1) is 17.2 Å². The Morgan fingerprint density at radius 2 is 2.27 bits per heavy atom. The van der Waals surface area contributed by atoms with Gasteiger partial charge in [0, 0.05) is 6.54 Å². The fourth-order valence-electron chi connectivity index (χ4n) is 0.635. The van der Waals surface area contributed by atoms with Crippen molar-refractivity contribution in [2.45, 2.75) is 26.7 Å². The molecule has 0 spiro atoms. The maximum absolute atomic E-state index is 10.7. The molecule has 0 heterocycles. The monoisotopic (exact) mass is 154 g/mol. The van der Waals surface area contributed by atoms with E-state index in [4.69, 9.17) is 5.26 Å². The summed E-state index contributed by atoms with van der Waals surface area (Å²) in [5, 5.41) is 10.8. The summed E-state index contributed by atoms with van der Waals surface area (Å²) < 4.78 is 0. The van der Waals surface area contributed by atoms with Gasteiger partial charge in [0.2, 0.25) is 5.91 Å². The lowest BCUT2D eigenvalue weighted by molar-refractivity contribution is -0.120. The zero-order chi connectivity index (χ0) is 8.69. The molecule has 0 saturated carbocycles. The van der Waals surface area contributed by atoms with Crippen LogP contribution in [0.4, 0.5) is 0 Å². The third kappa shape index (κ3) is 6.85. The molecule has 3 heteroatoms. The van der Waals surface area contributed by atoms with Crippen molar-refractivity contribution in [1.29, 1.82) is 5.26 Å². The second kappa shape index (κ2) is 5.72. The molecule has 62 valence electrons. The van der Waals surface area contributed by atoms with Crippen molar-refractivity contribution in [3.05, 3.63) is 0 Å². The number of nitrogens with zero attached hydrogens (tertiary/aromatic N) is 1. The lowest BCUT2D eigenvalue weighted by Gasteiger charge is -2.04. The highest BCUT2D eigenvalue weighted by Crippen LogP contribution is 1.96. The van der Waals surface area contributed by atoms with Crippen molar-refractivity contribution in [3.8, 4) is 6.07 Å². The number of hydrogen-bond donors (Lipinski definition) is 1. The van der Waals surface area contributed by atoms with Crippen LogP contribution < -0.4 is 5.32 Å². The molecule has 0 bridgehead atoms. The minimum atomic E-state index is -0.173. The summed E-state index contributed by atoms with van der Waals surface area (Å²) in [4.78, 5) is 10.7. The maximum Gasteiger partial charge on any atom is 0.234 e. The Bertz CT molecular complexity index is 158. The number of rotatable bonds is 4. The first kappa shape index (κ1) is 9.96. The molecule has 0 fully saturated rings. The van der Waals surface area contributed by atoms with E-state index >= 15 is 0 Å². The van der Waals surface area contributed by atoms with Crippen LogP contribution in [0.25, 0.3) is 0 Å². The quantitative estimate of drug-likeness (QED) is 0.658. The number of nitriles is 1. The molecule has 3 nitrogen and oxygen atoms in total. The van der Waals surface area contributed by atoms with Crippen LogP contribution in [-0.2, 0) is 4.79 Å². The summed E-state index contributed by atoms with van der Waals surface area (Å²) in [6.07, 6.45) is 0.940. The lowest BCUT2D eigenvalue weighted by Crippen LogP contribution is -2.24. The van der Waals surface area contributed by atoms with E-state index in [2.05, 4.69) is 19.2 Å². The van der Waals surface area contributed by atoms with E-state index < -0.39 is 0 Å². The Labute approximate surface area is 67.4 Å². The second-order valence-corrected chi connectivity index (χ2v) is 2.87. The van der Waals surface area contributed by atoms with Crippen molar-refractivity contribution in [2.75, 3.05) is 6.54 Å². The standard InChI is InChI=1S/C8H14N2O/c1-7(2)4-6-10-8(11)3-5-9/h7H,3-4,6H2,1-2H3,(H,10,11). The summed E-state index contributed by atoms with van der Waals surface area (Å²) in [6, 6.07) is 1.79. The van der Waals surface area contributed by atoms with Crippen LogP contribution in [0.5, 0.6) is 0 Å². The van der Waals surface area contributed by atoms with Gasteiger partial charge in [-0.15, -0.1) is 0 Å². The zero-order valence-corrected chi connectivity index (χ0v) is 7.05. The van der Waals surface area contributed by atoms with Crippen molar-refractivity contribution >= 4 is 5.91 Å². The summed E-state index contributed by atoms with van der Waals surface area (Å²) in [7, 11) is 0.